The maximum absolute atomic E-state index is 4.70. The van der Waals surface area contributed by atoms with E-state index in [2.05, 4.69) is 78.1 Å². The molecule has 0 spiro atoms. The van der Waals surface area contributed by atoms with Crippen LogP contribution in [0.2, 0.25) is 17.3 Å². The minimum atomic E-state index is -1.80. The molecule has 23 heavy (non-hydrogen) atoms. The second kappa shape index (κ2) is 5.63. The van der Waals surface area contributed by atoms with Crippen LogP contribution in [0.25, 0.3) is 30.6 Å². The van der Waals surface area contributed by atoms with Crippen LogP contribution >= 0.6 is 0 Å². The van der Waals surface area contributed by atoms with Gasteiger partial charge in [-0.2, -0.15) is 0 Å². The first kappa shape index (κ1) is 15.2. The summed E-state index contributed by atoms with van der Waals surface area (Å²) < 4.78 is 4.52. The Balaban J connectivity index is 1.97. The van der Waals surface area contributed by atoms with Gasteiger partial charge >= 0.3 is 146 Å². The van der Waals surface area contributed by atoms with Crippen molar-refractivity contribution in [1.29, 1.82) is 0 Å². The summed E-state index contributed by atoms with van der Waals surface area (Å²) >= 11 is -1.40. The third-order valence-electron chi connectivity index (χ3n) is 4.29. The predicted molar refractivity (Wildman–Crippen MR) is 105 cm³/mol. The third-order valence-corrected chi connectivity index (χ3v) is 10.9. The van der Waals surface area contributed by atoms with Gasteiger partial charge in [0.1, 0.15) is 0 Å². The molecule has 0 atom stereocenters. The minimum absolute atomic E-state index is 0.399. The topological polar surface area (TPSA) is 12.9 Å². The quantitative estimate of drug-likeness (QED) is 0.426. The molecule has 3 heteroatoms. The molecule has 2 aromatic heterocycles. The summed E-state index contributed by atoms with van der Waals surface area (Å²) in [5, 5.41) is 2.86. The van der Waals surface area contributed by atoms with Crippen molar-refractivity contribution in [2.24, 2.45) is 0 Å². The maximum atomic E-state index is 4.70. The number of benzene rings is 2. The van der Waals surface area contributed by atoms with Gasteiger partial charge in [-0.15, -0.1) is 0 Å². The zero-order valence-corrected chi connectivity index (χ0v) is 17.4. The second-order valence-electron chi connectivity index (χ2n) is 6.99. The standard InChI is InChI=1S/C20H19GeNSe/c1-21(2,3)15-9-10-19-16(11-15)17-12-18(22-13-20(17)23-19)14-7-5-4-6-8-14/h4-13H,1-3H3. The van der Waals surface area contributed by atoms with Crippen molar-refractivity contribution >= 4 is 51.5 Å². The summed E-state index contributed by atoms with van der Waals surface area (Å²) in [7, 11) is 0. The van der Waals surface area contributed by atoms with Crippen molar-refractivity contribution in [3.63, 3.8) is 0 Å². The van der Waals surface area contributed by atoms with Crippen molar-refractivity contribution in [2.45, 2.75) is 17.3 Å². The Morgan fingerprint density at radius 1 is 0.826 bits per heavy atom. The SMILES string of the molecule is [CH3][Ge]([CH3])([CH3])[c]1ccc2[se]c3cnc(-c4ccccc4)cc3c2c1. The van der Waals surface area contributed by atoms with Crippen LogP contribution in [0.15, 0.2) is 60.8 Å². The average Bonchev–Trinajstić information content (AvgIpc) is 2.92. The number of hydrogen-bond donors (Lipinski definition) is 0. The first-order chi connectivity index (χ1) is 11.0. The molecule has 0 bridgehead atoms. The first-order valence-corrected chi connectivity index (χ1v) is 17.0. The van der Waals surface area contributed by atoms with Crippen molar-refractivity contribution in [3.05, 3.63) is 60.8 Å². The number of fused-ring (bicyclic) bond motifs is 3. The molecule has 0 N–H and O–H groups in total. The molecule has 114 valence electrons. The zero-order chi connectivity index (χ0) is 16.0. The third kappa shape index (κ3) is 2.80. The number of aromatic nitrogens is 1. The van der Waals surface area contributed by atoms with Crippen LogP contribution in [0.4, 0.5) is 0 Å². The van der Waals surface area contributed by atoms with Crippen LogP contribution in [0.5, 0.6) is 0 Å². The van der Waals surface area contributed by atoms with Gasteiger partial charge in [-0.1, -0.05) is 0 Å². The van der Waals surface area contributed by atoms with Crippen molar-refractivity contribution in [2.75, 3.05) is 0 Å². The van der Waals surface area contributed by atoms with E-state index in [0.717, 1.165) is 5.69 Å². The molecule has 0 aliphatic heterocycles. The Bertz CT molecular complexity index is 997. The van der Waals surface area contributed by atoms with E-state index in [1.807, 2.05) is 0 Å². The Hall–Kier alpha value is -1.35. The normalized spacial score (nSPS) is 12.1. The summed E-state index contributed by atoms with van der Waals surface area (Å²) in [4.78, 5) is 4.70. The van der Waals surface area contributed by atoms with Gasteiger partial charge in [0, 0.05) is 0 Å². The van der Waals surface area contributed by atoms with Gasteiger partial charge < -0.3 is 0 Å². The summed E-state index contributed by atoms with van der Waals surface area (Å²) in [5.41, 5.74) is 2.27. The van der Waals surface area contributed by atoms with Gasteiger partial charge in [0.25, 0.3) is 0 Å². The molecule has 0 saturated carbocycles. The number of hydrogen-bond acceptors (Lipinski definition) is 1. The second-order valence-corrected chi connectivity index (χ2v) is 19.9. The fraction of sp³-hybridized carbons (Fsp3) is 0.150. The molecule has 4 rings (SSSR count). The molecule has 0 saturated heterocycles. The van der Waals surface area contributed by atoms with Crippen LogP contribution in [0.3, 0.4) is 0 Å². The fourth-order valence-electron chi connectivity index (χ4n) is 2.92. The van der Waals surface area contributed by atoms with Gasteiger partial charge in [-0.3, -0.25) is 0 Å². The predicted octanol–water partition coefficient (Wildman–Crippen LogP) is 4.66. The summed E-state index contributed by atoms with van der Waals surface area (Å²) in [6.45, 7) is 0. The first-order valence-electron chi connectivity index (χ1n) is 7.90. The Kier molecular flexibility index (Phi) is 3.72. The van der Waals surface area contributed by atoms with Crippen LogP contribution in [-0.2, 0) is 0 Å². The Morgan fingerprint density at radius 3 is 2.30 bits per heavy atom. The fourth-order valence-corrected chi connectivity index (χ4v) is 7.52. The number of nitrogens with zero attached hydrogens (tertiary/aromatic N) is 1. The van der Waals surface area contributed by atoms with E-state index < -0.39 is 13.3 Å². The van der Waals surface area contributed by atoms with Crippen molar-refractivity contribution in [1.82, 2.24) is 4.98 Å². The summed E-state index contributed by atoms with van der Waals surface area (Å²) in [6.07, 6.45) is 2.09. The van der Waals surface area contributed by atoms with E-state index in [1.165, 1.54) is 24.9 Å². The van der Waals surface area contributed by atoms with E-state index >= 15 is 0 Å². The number of rotatable bonds is 2. The Morgan fingerprint density at radius 2 is 1.57 bits per heavy atom. The average molecular weight is 425 g/mol. The molecule has 0 radical (unpaired) electrons. The monoisotopic (exact) mass is 427 g/mol. The van der Waals surface area contributed by atoms with Gasteiger partial charge in [-0.05, 0) is 0 Å². The van der Waals surface area contributed by atoms with E-state index in [1.54, 1.807) is 4.40 Å². The molecule has 4 aromatic rings. The van der Waals surface area contributed by atoms with E-state index in [0.29, 0.717) is 14.5 Å². The molecule has 1 nitrogen and oxygen atoms in total. The Labute approximate surface area is 145 Å². The number of pyridine rings is 1. The molecule has 0 aliphatic rings. The zero-order valence-electron chi connectivity index (χ0n) is 13.6. The summed E-state index contributed by atoms with van der Waals surface area (Å²) in [6, 6.07) is 20.0. The molecule has 0 fully saturated rings. The van der Waals surface area contributed by atoms with Crippen LogP contribution < -0.4 is 4.40 Å². The molecule has 2 heterocycles. The molecule has 0 unspecified atom stereocenters. The molecule has 2 aromatic carbocycles. The van der Waals surface area contributed by atoms with Gasteiger partial charge in [0.05, 0.1) is 0 Å². The van der Waals surface area contributed by atoms with Gasteiger partial charge in [0.15, 0.2) is 0 Å². The molecule has 0 aliphatic carbocycles. The van der Waals surface area contributed by atoms with Crippen molar-refractivity contribution in [3.8, 4) is 11.3 Å². The van der Waals surface area contributed by atoms with Crippen LogP contribution in [-0.4, -0.2) is 32.8 Å². The molecular weight excluding hydrogens is 406 g/mol. The van der Waals surface area contributed by atoms with E-state index in [9.17, 15) is 0 Å². The van der Waals surface area contributed by atoms with E-state index in [4.69, 9.17) is 4.98 Å². The van der Waals surface area contributed by atoms with E-state index in [-0.39, 0.29) is 0 Å². The van der Waals surface area contributed by atoms with Gasteiger partial charge in [-0.25, -0.2) is 0 Å². The van der Waals surface area contributed by atoms with Gasteiger partial charge in [0.2, 0.25) is 0 Å². The molecule has 0 amide bonds. The summed E-state index contributed by atoms with van der Waals surface area (Å²) in [5.74, 6) is 7.39. The molecular formula is C20H19GeNSe. The van der Waals surface area contributed by atoms with Crippen LogP contribution in [0.1, 0.15) is 0 Å². The van der Waals surface area contributed by atoms with Crippen LogP contribution in [0, 0.1) is 0 Å². The van der Waals surface area contributed by atoms with Crippen molar-refractivity contribution < 1.29 is 0 Å².